The fraction of sp³-hybridized carbons (Fsp3) is 0.200. The topological polar surface area (TPSA) is 77.1 Å². The number of carbonyl (C=O) groups excluding carboxylic acids is 2. The normalized spacial score (nSPS) is 14.8. The zero-order valence-electron chi connectivity index (χ0n) is 18.4. The van der Waals surface area contributed by atoms with E-state index in [1.165, 1.54) is 26.4 Å². The van der Waals surface area contributed by atoms with Crippen LogP contribution in [0.1, 0.15) is 22.8 Å². The van der Waals surface area contributed by atoms with Gasteiger partial charge in [-0.25, -0.2) is 4.39 Å². The van der Waals surface area contributed by atoms with E-state index in [1.807, 2.05) is 0 Å². The molecule has 1 aliphatic rings. The minimum absolute atomic E-state index is 0.227. The Morgan fingerprint density at radius 2 is 1.76 bits per heavy atom. The van der Waals surface area contributed by atoms with Crippen LogP contribution in [-0.2, 0) is 11.3 Å². The number of rotatable bonds is 6. The molecule has 2 amide bonds. The molecule has 0 spiro atoms. The molecular weight excluding hydrogens is 427 g/mol. The first-order valence-electron chi connectivity index (χ1n) is 10.3. The number of nitrogens with zero attached hydrogens (tertiary/aromatic N) is 1. The van der Waals surface area contributed by atoms with Crippen LogP contribution < -0.4 is 24.4 Å². The predicted molar refractivity (Wildman–Crippen MR) is 122 cm³/mol. The summed E-state index contributed by atoms with van der Waals surface area (Å²) in [6, 6.07) is 15.9. The van der Waals surface area contributed by atoms with Gasteiger partial charge in [-0.1, -0.05) is 12.1 Å². The van der Waals surface area contributed by atoms with Gasteiger partial charge in [0, 0.05) is 11.3 Å². The van der Waals surface area contributed by atoms with Gasteiger partial charge in [0.1, 0.15) is 11.6 Å². The summed E-state index contributed by atoms with van der Waals surface area (Å²) in [5.41, 5.74) is 2.16. The highest BCUT2D eigenvalue weighted by Crippen LogP contribution is 2.37. The molecule has 1 unspecified atom stereocenters. The van der Waals surface area contributed by atoms with Gasteiger partial charge in [-0.2, -0.15) is 0 Å². The molecule has 0 saturated carbocycles. The molecule has 0 fully saturated rings. The van der Waals surface area contributed by atoms with Gasteiger partial charge in [-0.05, 0) is 61.0 Å². The number of amides is 2. The van der Waals surface area contributed by atoms with Gasteiger partial charge < -0.3 is 24.4 Å². The standard InChI is InChI=1S/C25H23FN2O5/c1-15-25(30)28(14-16-4-7-18(26)8-5-16)20-13-19(9-11-21(20)33-15)27-24(29)17-6-10-22(31-2)23(12-17)32-3/h4-13,15H,14H2,1-3H3,(H,27,29). The number of ether oxygens (including phenoxy) is 3. The lowest BCUT2D eigenvalue weighted by Crippen LogP contribution is -2.44. The molecule has 0 aliphatic carbocycles. The number of anilines is 2. The summed E-state index contributed by atoms with van der Waals surface area (Å²) in [6.07, 6.45) is -0.662. The molecule has 1 N–H and O–H groups in total. The van der Waals surface area contributed by atoms with E-state index in [9.17, 15) is 14.0 Å². The summed E-state index contributed by atoms with van der Waals surface area (Å²) in [4.78, 5) is 27.2. The van der Waals surface area contributed by atoms with Crippen LogP contribution in [0.3, 0.4) is 0 Å². The Hall–Kier alpha value is -4.07. The largest absolute Gasteiger partial charge is 0.493 e. The Balaban J connectivity index is 1.61. The van der Waals surface area contributed by atoms with Crippen LogP contribution in [0.5, 0.6) is 17.2 Å². The van der Waals surface area contributed by atoms with Gasteiger partial charge in [0.05, 0.1) is 26.5 Å². The van der Waals surface area contributed by atoms with Gasteiger partial charge in [-0.15, -0.1) is 0 Å². The second-order valence-electron chi connectivity index (χ2n) is 7.52. The Labute approximate surface area is 190 Å². The third-order valence-electron chi connectivity index (χ3n) is 5.32. The van der Waals surface area contributed by atoms with Crippen molar-refractivity contribution >= 4 is 23.2 Å². The van der Waals surface area contributed by atoms with Crippen LogP contribution in [0.25, 0.3) is 0 Å². The van der Waals surface area contributed by atoms with Gasteiger partial charge in [0.15, 0.2) is 17.6 Å². The maximum Gasteiger partial charge on any atom is 0.268 e. The van der Waals surface area contributed by atoms with E-state index < -0.39 is 6.10 Å². The predicted octanol–water partition coefficient (Wildman–Crippen LogP) is 4.41. The van der Waals surface area contributed by atoms with E-state index in [1.54, 1.807) is 60.4 Å². The number of carbonyl (C=O) groups is 2. The molecule has 7 nitrogen and oxygen atoms in total. The highest BCUT2D eigenvalue weighted by Gasteiger charge is 2.32. The number of fused-ring (bicyclic) bond motifs is 1. The second-order valence-corrected chi connectivity index (χ2v) is 7.52. The van der Waals surface area contributed by atoms with Crippen molar-refractivity contribution in [2.45, 2.75) is 19.6 Å². The van der Waals surface area contributed by atoms with Gasteiger partial charge in [0.25, 0.3) is 11.8 Å². The maximum absolute atomic E-state index is 13.3. The van der Waals surface area contributed by atoms with Gasteiger partial charge in [-0.3, -0.25) is 9.59 Å². The van der Waals surface area contributed by atoms with E-state index in [0.29, 0.717) is 34.2 Å². The fourth-order valence-electron chi connectivity index (χ4n) is 3.60. The molecule has 3 aromatic rings. The van der Waals surface area contributed by atoms with Crippen molar-refractivity contribution in [3.63, 3.8) is 0 Å². The third-order valence-corrected chi connectivity index (χ3v) is 5.32. The first-order chi connectivity index (χ1) is 15.9. The molecule has 4 rings (SSSR count). The third kappa shape index (κ3) is 4.59. The summed E-state index contributed by atoms with van der Waals surface area (Å²) < 4.78 is 29.5. The van der Waals surface area contributed by atoms with Gasteiger partial charge in [0.2, 0.25) is 0 Å². The minimum Gasteiger partial charge on any atom is -0.493 e. The van der Waals surface area contributed by atoms with Gasteiger partial charge >= 0.3 is 0 Å². The van der Waals surface area contributed by atoms with Crippen LogP contribution in [0.2, 0.25) is 0 Å². The Kier molecular flexibility index (Phi) is 6.17. The fourth-order valence-corrected chi connectivity index (χ4v) is 3.60. The zero-order valence-corrected chi connectivity index (χ0v) is 18.4. The monoisotopic (exact) mass is 450 g/mol. The van der Waals surface area contributed by atoms with E-state index in [-0.39, 0.29) is 24.2 Å². The van der Waals surface area contributed by atoms with Crippen molar-refractivity contribution < 1.29 is 28.2 Å². The van der Waals surface area contributed by atoms with E-state index in [2.05, 4.69) is 5.32 Å². The molecule has 8 heteroatoms. The summed E-state index contributed by atoms with van der Waals surface area (Å²) >= 11 is 0. The molecule has 1 aliphatic heterocycles. The maximum atomic E-state index is 13.3. The Morgan fingerprint density at radius 1 is 1.03 bits per heavy atom. The molecule has 0 aromatic heterocycles. The Bertz CT molecular complexity index is 1200. The Morgan fingerprint density at radius 3 is 2.45 bits per heavy atom. The van der Waals surface area contributed by atoms with Crippen LogP contribution >= 0.6 is 0 Å². The van der Waals surface area contributed by atoms with E-state index in [4.69, 9.17) is 14.2 Å². The average molecular weight is 450 g/mol. The second kappa shape index (κ2) is 9.20. The van der Waals surface area contributed by atoms with E-state index in [0.717, 1.165) is 5.56 Å². The van der Waals surface area contributed by atoms with Crippen LogP contribution in [0.4, 0.5) is 15.8 Å². The summed E-state index contributed by atoms with van der Waals surface area (Å²) in [5.74, 6) is 0.556. The van der Waals surface area contributed by atoms with Crippen molar-refractivity contribution in [3.8, 4) is 17.2 Å². The average Bonchev–Trinajstić information content (AvgIpc) is 2.83. The highest BCUT2D eigenvalue weighted by atomic mass is 19.1. The highest BCUT2D eigenvalue weighted by molar-refractivity contribution is 6.06. The number of methoxy groups -OCH3 is 2. The first kappa shape index (κ1) is 22.1. The first-order valence-corrected chi connectivity index (χ1v) is 10.3. The van der Waals surface area contributed by atoms with Crippen LogP contribution in [-0.4, -0.2) is 32.1 Å². The van der Waals surface area contributed by atoms with Crippen LogP contribution in [0.15, 0.2) is 60.7 Å². The molecule has 0 radical (unpaired) electrons. The number of nitrogens with one attached hydrogen (secondary N) is 1. The molecule has 170 valence electrons. The summed E-state index contributed by atoms with van der Waals surface area (Å²) in [5, 5.41) is 2.84. The number of hydrogen-bond donors (Lipinski definition) is 1. The quantitative estimate of drug-likeness (QED) is 0.602. The molecule has 33 heavy (non-hydrogen) atoms. The number of halogens is 1. The molecule has 0 saturated heterocycles. The lowest BCUT2D eigenvalue weighted by atomic mass is 10.1. The lowest BCUT2D eigenvalue weighted by molar-refractivity contribution is -0.125. The van der Waals surface area contributed by atoms with Crippen molar-refractivity contribution in [2.24, 2.45) is 0 Å². The molecule has 1 heterocycles. The molecule has 0 bridgehead atoms. The zero-order chi connectivity index (χ0) is 23.5. The molecule has 3 aromatic carbocycles. The van der Waals surface area contributed by atoms with Crippen molar-refractivity contribution in [1.29, 1.82) is 0 Å². The summed E-state index contributed by atoms with van der Waals surface area (Å²) in [7, 11) is 3.02. The minimum atomic E-state index is -0.662. The SMILES string of the molecule is COc1ccc(C(=O)Nc2ccc3c(c2)N(Cc2ccc(F)cc2)C(=O)C(C)O3)cc1OC. The van der Waals surface area contributed by atoms with Crippen molar-refractivity contribution in [2.75, 3.05) is 24.4 Å². The van der Waals surface area contributed by atoms with Crippen molar-refractivity contribution in [3.05, 3.63) is 77.6 Å². The summed E-state index contributed by atoms with van der Waals surface area (Å²) in [6.45, 7) is 1.92. The molecular formula is C25H23FN2O5. The van der Waals surface area contributed by atoms with Crippen molar-refractivity contribution in [1.82, 2.24) is 0 Å². The number of hydrogen-bond acceptors (Lipinski definition) is 5. The van der Waals surface area contributed by atoms with E-state index >= 15 is 0 Å². The lowest BCUT2D eigenvalue weighted by Gasteiger charge is -2.33. The number of benzene rings is 3. The molecule has 1 atom stereocenters. The van der Waals surface area contributed by atoms with Crippen LogP contribution in [0, 0.1) is 5.82 Å². The smallest absolute Gasteiger partial charge is 0.268 e.